The number of rotatable bonds is 8. The van der Waals surface area contributed by atoms with Gasteiger partial charge in [-0.25, -0.2) is 0 Å². The molecule has 19 heavy (non-hydrogen) atoms. The average molecular weight is 325 g/mol. The second kappa shape index (κ2) is 7.30. The summed E-state index contributed by atoms with van der Waals surface area (Å²) in [6.07, 6.45) is 4.10. The highest BCUT2D eigenvalue weighted by molar-refractivity contribution is 9.10. The highest BCUT2D eigenvalue weighted by Crippen LogP contribution is 2.27. The molecule has 1 fully saturated rings. The van der Waals surface area contributed by atoms with E-state index in [9.17, 15) is 0 Å². The minimum atomic E-state index is 0.803. The molecule has 1 aliphatic carbocycles. The Balaban J connectivity index is 1.74. The van der Waals surface area contributed by atoms with Crippen LogP contribution in [0.5, 0.6) is 0 Å². The lowest BCUT2D eigenvalue weighted by Gasteiger charge is -2.23. The van der Waals surface area contributed by atoms with Gasteiger partial charge in [-0.3, -0.25) is 4.90 Å². The molecule has 0 unspecified atom stereocenters. The fourth-order valence-electron chi connectivity index (χ4n) is 2.28. The largest absolute Gasteiger partial charge is 0.383 e. The molecule has 2 nitrogen and oxygen atoms in total. The number of para-hydroxylation sites is 1. The van der Waals surface area contributed by atoms with Crippen LogP contribution in [-0.2, 0) is 0 Å². The second-order valence-corrected chi connectivity index (χ2v) is 6.71. The van der Waals surface area contributed by atoms with Crippen molar-refractivity contribution in [2.24, 2.45) is 5.92 Å². The number of hydrogen-bond donors (Lipinski definition) is 1. The highest BCUT2D eigenvalue weighted by Gasteiger charge is 2.28. The molecule has 0 radical (unpaired) electrons. The molecule has 0 saturated heterocycles. The van der Waals surface area contributed by atoms with Crippen LogP contribution in [0.3, 0.4) is 0 Å². The molecule has 3 heteroatoms. The standard InChI is InChI=1S/C16H25BrN2/c1-13(2)9-11-19(14-7-8-14)12-10-18-16-6-4-3-5-15(16)17/h3-6,13-14,18H,7-12H2,1-2H3. The summed E-state index contributed by atoms with van der Waals surface area (Å²) in [5.74, 6) is 0.803. The van der Waals surface area contributed by atoms with E-state index in [1.54, 1.807) is 0 Å². The normalized spacial score (nSPS) is 15.2. The van der Waals surface area contributed by atoms with Gasteiger partial charge in [-0.1, -0.05) is 26.0 Å². The lowest BCUT2D eigenvalue weighted by atomic mass is 10.1. The summed E-state index contributed by atoms with van der Waals surface area (Å²) < 4.78 is 1.15. The third-order valence-corrected chi connectivity index (χ3v) is 4.34. The first kappa shape index (κ1) is 14.9. The van der Waals surface area contributed by atoms with Crippen LogP contribution in [0.4, 0.5) is 5.69 Å². The molecule has 1 saturated carbocycles. The number of nitrogens with one attached hydrogen (secondary N) is 1. The molecule has 1 aromatic rings. The first-order chi connectivity index (χ1) is 9.16. The van der Waals surface area contributed by atoms with Gasteiger partial charge in [0.25, 0.3) is 0 Å². The van der Waals surface area contributed by atoms with Crippen molar-refractivity contribution in [1.29, 1.82) is 0 Å². The summed E-state index contributed by atoms with van der Waals surface area (Å²) in [7, 11) is 0. The highest BCUT2D eigenvalue weighted by atomic mass is 79.9. The molecule has 0 amide bonds. The van der Waals surface area contributed by atoms with Crippen molar-refractivity contribution in [3.8, 4) is 0 Å². The zero-order chi connectivity index (χ0) is 13.7. The lowest BCUT2D eigenvalue weighted by molar-refractivity contribution is 0.257. The van der Waals surface area contributed by atoms with Crippen LogP contribution in [0.1, 0.15) is 33.1 Å². The maximum atomic E-state index is 3.58. The molecule has 0 aliphatic heterocycles. The predicted octanol–water partition coefficient (Wildman–Crippen LogP) is 4.37. The minimum absolute atomic E-state index is 0.803. The van der Waals surface area contributed by atoms with E-state index in [2.05, 4.69) is 64.3 Å². The van der Waals surface area contributed by atoms with Crippen molar-refractivity contribution in [2.45, 2.75) is 39.2 Å². The van der Waals surface area contributed by atoms with Gasteiger partial charge in [0.2, 0.25) is 0 Å². The number of anilines is 1. The van der Waals surface area contributed by atoms with Crippen molar-refractivity contribution in [3.05, 3.63) is 28.7 Å². The van der Waals surface area contributed by atoms with E-state index >= 15 is 0 Å². The monoisotopic (exact) mass is 324 g/mol. The van der Waals surface area contributed by atoms with Gasteiger partial charge in [0.05, 0.1) is 0 Å². The summed E-state index contributed by atoms with van der Waals surface area (Å²) >= 11 is 3.58. The first-order valence-electron chi connectivity index (χ1n) is 7.39. The van der Waals surface area contributed by atoms with Gasteiger partial charge in [-0.05, 0) is 59.8 Å². The van der Waals surface area contributed by atoms with Crippen LogP contribution in [0.2, 0.25) is 0 Å². The van der Waals surface area contributed by atoms with E-state index in [1.807, 2.05) is 0 Å². The summed E-state index contributed by atoms with van der Waals surface area (Å²) in [5.41, 5.74) is 1.20. The van der Waals surface area contributed by atoms with Crippen molar-refractivity contribution < 1.29 is 0 Å². The third-order valence-electron chi connectivity index (χ3n) is 3.65. The van der Waals surface area contributed by atoms with Gasteiger partial charge >= 0.3 is 0 Å². The Kier molecular flexibility index (Phi) is 5.71. The van der Waals surface area contributed by atoms with Gasteiger partial charge < -0.3 is 5.32 Å². The van der Waals surface area contributed by atoms with Gasteiger partial charge in [-0.2, -0.15) is 0 Å². The Morgan fingerprint density at radius 1 is 1.26 bits per heavy atom. The zero-order valence-electron chi connectivity index (χ0n) is 12.0. The van der Waals surface area contributed by atoms with Crippen molar-refractivity contribution in [3.63, 3.8) is 0 Å². The Hall–Kier alpha value is -0.540. The van der Waals surface area contributed by atoms with Crippen LogP contribution < -0.4 is 5.32 Å². The van der Waals surface area contributed by atoms with Gasteiger partial charge in [-0.15, -0.1) is 0 Å². The summed E-state index contributed by atoms with van der Waals surface area (Å²) in [6.45, 7) is 8.05. The number of hydrogen-bond acceptors (Lipinski definition) is 2. The van der Waals surface area contributed by atoms with Gasteiger partial charge in [0.15, 0.2) is 0 Å². The maximum absolute atomic E-state index is 3.58. The quantitative estimate of drug-likeness (QED) is 0.763. The number of nitrogens with zero attached hydrogens (tertiary/aromatic N) is 1. The fraction of sp³-hybridized carbons (Fsp3) is 0.625. The summed E-state index contributed by atoms with van der Waals surface area (Å²) in [6, 6.07) is 9.19. The molecular weight excluding hydrogens is 300 g/mol. The molecule has 0 heterocycles. The molecule has 2 rings (SSSR count). The van der Waals surface area contributed by atoms with E-state index in [0.717, 1.165) is 29.5 Å². The maximum Gasteiger partial charge on any atom is 0.0485 e. The molecule has 1 N–H and O–H groups in total. The van der Waals surface area contributed by atoms with Crippen LogP contribution in [-0.4, -0.2) is 30.6 Å². The third kappa shape index (κ3) is 5.15. The SMILES string of the molecule is CC(C)CCN(CCNc1ccccc1Br)C1CC1. The van der Waals surface area contributed by atoms with Crippen LogP contribution >= 0.6 is 15.9 Å². The molecule has 0 bridgehead atoms. The van der Waals surface area contributed by atoms with E-state index < -0.39 is 0 Å². The molecular formula is C16H25BrN2. The number of halogens is 1. The minimum Gasteiger partial charge on any atom is -0.383 e. The second-order valence-electron chi connectivity index (χ2n) is 5.86. The van der Waals surface area contributed by atoms with Crippen LogP contribution in [0, 0.1) is 5.92 Å². The first-order valence-corrected chi connectivity index (χ1v) is 8.18. The predicted molar refractivity (Wildman–Crippen MR) is 86.7 cm³/mol. The van der Waals surface area contributed by atoms with Crippen molar-refractivity contribution in [1.82, 2.24) is 4.90 Å². The van der Waals surface area contributed by atoms with E-state index in [-0.39, 0.29) is 0 Å². The van der Waals surface area contributed by atoms with Crippen LogP contribution in [0.25, 0.3) is 0 Å². The lowest BCUT2D eigenvalue weighted by Crippen LogP contribution is -2.32. The average Bonchev–Trinajstić information content (AvgIpc) is 3.19. The molecule has 106 valence electrons. The molecule has 1 aromatic carbocycles. The van der Waals surface area contributed by atoms with E-state index in [4.69, 9.17) is 0 Å². The Morgan fingerprint density at radius 2 is 2.00 bits per heavy atom. The zero-order valence-corrected chi connectivity index (χ0v) is 13.6. The van der Waals surface area contributed by atoms with Crippen LogP contribution in [0.15, 0.2) is 28.7 Å². The summed E-state index contributed by atoms with van der Waals surface area (Å²) in [5, 5.41) is 3.53. The smallest absolute Gasteiger partial charge is 0.0485 e. The molecule has 0 spiro atoms. The molecule has 0 atom stereocenters. The fourth-order valence-corrected chi connectivity index (χ4v) is 2.70. The number of benzene rings is 1. The van der Waals surface area contributed by atoms with Gasteiger partial charge in [0, 0.05) is 29.3 Å². The Bertz CT molecular complexity index is 388. The Labute approximate surface area is 125 Å². The van der Waals surface area contributed by atoms with E-state index in [0.29, 0.717) is 0 Å². The molecule has 1 aliphatic rings. The van der Waals surface area contributed by atoms with E-state index in [1.165, 1.54) is 31.5 Å². The topological polar surface area (TPSA) is 15.3 Å². The Morgan fingerprint density at radius 3 is 2.63 bits per heavy atom. The van der Waals surface area contributed by atoms with Gasteiger partial charge in [0.1, 0.15) is 0 Å². The van der Waals surface area contributed by atoms with Crippen molar-refractivity contribution in [2.75, 3.05) is 25.0 Å². The molecule has 0 aromatic heterocycles. The summed E-state index contributed by atoms with van der Waals surface area (Å²) in [4.78, 5) is 2.66. The van der Waals surface area contributed by atoms with Crippen molar-refractivity contribution >= 4 is 21.6 Å².